The average molecular weight is 792 g/mol. The maximum absolute atomic E-state index is 14.9. The van der Waals surface area contributed by atoms with Crippen molar-refractivity contribution < 1.29 is 43.2 Å². The zero-order chi connectivity index (χ0) is 38.7. The first kappa shape index (κ1) is 49.9. The summed E-state index contributed by atoms with van der Waals surface area (Å²) in [5.41, 5.74) is -12.5. The fourth-order valence-corrected chi connectivity index (χ4v) is 25.0. The molecular weight excluding hydrogens is 719 g/mol. The summed E-state index contributed by atoms with van der Waals surface area (Å²) in [5, 5.41) is 0. The first-order valence-electron chi connectivity index (χ1n) is 19.7. The van der Waals surface area contributed by atoms with Crippen LogP contribution in [0.2, 0.25) is 0 Å². The van der Waals surface area contributed by atoms with Crippen molar-refractivity contribution in [1.82, 2.24) is 3.48 Å². The maximum atomic E-state index is 14.9. The molecule has 0 fully saturated rings. The van der Waals surface area contributed by atoms with Crippen molar-refractivity contribution >= 4 is 26.8 Å². The molecule has 0 aromatic rings. The van der Waals surface area contributed by atoms with E-state index >= 15 is 0 Å². The van der Waals surface area contributed by atoms with Gasteiger partial charge in [0.25, 0.3) is 0 Å². The summed E-state index contributed by atoms with van der Waals surface area (Å²) in [6.07, 6.45) is 12.1. The van der Waals surface area contributed by atoms with Gasteiger partial charge >= 0.3 is 304 Å². The molecule has 0 heterocycles. The van der Waals surface area contributed by atoms with Crippen LogP contribution in [0.25, 0.3) is 0 Å². The van der Waals surface area contributed by atoms with Crippen LogP contribution in [0.15, 0.2) is 0 Å². The second-order valence-corrected chi connectivity index (χ2v) is 25.1. The molecule has 14 heteroatoms. The van der Waals surface area contributed by atoms with Gasteiger partial charge in [0.05, 0.1) is 0 Å². The third kappa shape index (κ3) is 14.3. The van der Waals surface area contributed by atoms with Crippen molar-refractivity contribution in [3.63, 3.8) is 0 Å². The summed E-state index contributed by atoms with van der Waals surface area (Å²) in [5.74, 6) is -1.28. The van der Waals surface area contributed by atoms with Crippen molar-refractivity contribution in [3.8, 4) is 0 Å². The molecule has 3 unspecified atom stereocenters. The summed E-state index contributed by atoms with van der Waals surface area (Å²) in [4.78, 5) is 0. The van der Waals surface area contributed by atoms with E-state index in [0.717, 1.165) is 51.4 Å². The molecule has 50 heavy (non-hydrogen) atoms. The quantitative estimate of drug-likeness (QED) is 0.0413. The van der Waals surface area contributed by atoms with Crippen LogP contribution in [0.1, 0.15) is 177 Å². The Kier molecular flexibility index (Phi) is 22.9. The number of rotatable bonds is 30. The van der Waals surface area contributed by atoms with Crippen molar-refractivity contribution in [2.24, 2.45) is 17.8 Å². The standard InChI is InChI=1S/C36H72F6NO4PS2/c1-8-15-19-20-21-22-23-24-28-48(29-32(12-5)25-16-9-2,30-33(13-6)26-17-10-3,31-34(14-7)27-18-11-4)43(49(44,45)35(37,38)39)50(46,47)36(40,41)42/h32-34H,8-31H2,1-7H3. The van der Waals surface area contributed by atoms with E-state index in [0.29, 0.717) is 70.6 Å². The van der Waals surface area contributed by atoms with Crippen molar-refractivity contribution in [1.29, 1.82) is 0 Å². The van der Waals surface area contributed by atoms with Gasteiger partial charge in [0.1, 0.15) is 0 Å². The van der Waals surface area contributed by atoms with E-state index in [1.165, 1.54) is 0 Å². The number of unbranched alkanes of at least 4 members (excludes halogenated alkanes) is 10. The van der Waals surface area contributed by atoms with Crippen LogP contribution in [-0.2, 0) is 20.0 Å². The Bertz CT molecular complexity index is 1040. The van der Waals surface area contributed by atoms with Gasteiger partial charge in [-0.1, -0.05) is 0 Å². The monoisotopic (exact) mass is 791 g/mol. The molecule has 3 atom stereocenters. The Labute approximate surface area is 303 Å². The summed E-state index contributed by atoms with van der Waals surface area (Å²) in [7, 11) is -14.0. The summed E-state index contributed by atoms with van der Waals surface area (Å²) < 4.78 is 144. The third-order valence-electron chi connectivity index (χ3n) is 10.9. The van der Waals surface area contributed by atoms with Gasteiger partial charge in [-0.25, -0.2) is 0 Å². The summed E-state index contributed by atoms with van der Waals surface area (Å²) in [6, 6.07) is 0. The van der Waals surface area contributed by atoms with Crippen molar-refractivity contribution in [3.05, 3.63) is 0 Å². The molecule has 0 aliphatic carbocycles. The Morgan fingerprint density at radius 2 is 0.740 bits per heavy atom. The van der Waals surface area contributed by atoms with Crippen LogP contribution in [0, 0.1) is 17.8 Å². The number of hydrogen-bond donors (Lipinski definition) is 0. The Morgan fingerprint density at radius 3 is 1.00 bits per heavy atom. The van der Waals surface area contributed by atoms with Crippen molar-refractivity contribution in [2.45, 2.75) is 188 Å². The molecule has 0 N–H and O–H groups in total. The van der Waals surface area contributed by atoms with Crippen LogP contribution in [0.4, 0.5) is 26.3 Å². The Hall–Kier alpha value is -0.130. The summed E-state index contributed by atoms with van der Waals surface area (Å²) >= 11 is 0. The van der Waals surface area contributed by atoms with Crippen LogP contribution < -0.4 is 0 Å². The Balaban J connectivity index is 8.43. The number of alkyl halides is 6. The van der Waals surface area contributed by atoms with E-state index < -0.39 is 59.1 Å². The SMILES string of the molecule is CCCCCCCCCCP(CC(CC)CCCC)(CC(CC)CCCC)(CC(CC)CCCC)N(S(=O)(=O)C(F)(F)F)S(=O)(=O)C(F)(F)F. The number of hydrogen-bond acceptors (Lipinski definition) is 4. The van der Waals surface area contributed by atoms with Gasteiger partial charge in [0.15, 0.2) is 0 Å². The predicted molar refractivity (Wildman–Crippen MR) is 201 cm³/mol. The molecular formula is C36H72F6NO4PS2. The number of nitrogens with zero attached hydrogens (tertiary/aromatic N) is 1. The normalized spacial score (nSPS) is 16.3. The molecule has 0 radical (unpaired) electrons. The van der Waals surface area contributed by atoms with Gasteiger partial charge < -0.3 is 0 Å². The van der Waals surface area contributed by atoms with E-state index in [4.69, 9.17) is 0 Å². The van der Waals surface area contributed by atoms with Gasteiger partial charge in [-0.05, 0) is 0 Å². The molecule has 0 aromatic heterocycles. The van der Waals surface area contributed by atoms with E-state index in [2.05, 4.69) is 6.92 Å². The Morgan fingerprint density at radius 1 is 0.460 bits per heavy atom. The van der Waals surface area contributed by atoms with Gasteiger partial charge in [0.2, 0.25) is 0 Å². The van der Waals surface area contributed by atoms with Gasteiger partial charge in [-0.15, -0.1) is 0 Å². The second kappa shape index (κ2) is 22.9. The number of sulfonamides is 2. The first-order chi connectivity index (χ1) is 23.2. The molecule has 0 aliphatic rings. The molecule has 0 spiro atoms. The van der Waals surface area contributed by atoms with Crippen LogP contribution in [0.3, 0.4) is 0 Å². The van der Waals surface area contributed by atoms with Crippen molar-refractivity contribution in [2.75, 3.05) is 24.6 Å². The topological polar surface area (TPSA) is 71.5 Å². The third-order valence-corrected chi connectivity index (χ3v) is 24.8. The predicted octanol–water partition coefficient (Wildman–Crippen LogP) is 13.2. The molecule has 0 bridgehead atoms. The second-order valence-electron chi connectivity index (χ2n) is 15.0. The van der Waals surface area contributed by atoms with E-state index in [1.54, 1.807) is 0 Å². The molecule has 0 aromatic carbocycles. The molecule has 304 valence electrons. The molecule has 0 rings (SSSR count). The molecule has 0 saturated carbocycles. The van der Waals surface area contributed by atoms with Gasteiger partial charge in [-0.2, -0.15) is 0 Å². The molecule has 5 nitrogen and oxygen atoms in total. The van der Waals surface area contributed by atoms with Gasteiger partial charge in [-0.3, -0.25) is 0 Å². The first-order valence-corrected chi connectivity index (χ1v) is 25.5. The zero-order valence-electron chi connectivity index (χ0n) is 32.3. The average Bonchev–Trinajstić information content (AvgIpc) is 3.03. The fraction of sp³-hybridized carbons (Fsp3) is 1.00. The zero-order valence-corrected chi connectivity index (χ0v) is 34.8. The molecule has 0 amide bonds. The van der Waals surface area contributed by atoms with Crippen LogP contribution in [-0.4, -0.2) is 56.0 Å². The summed E-state index contributed by atoms with van der Waals surface area (Å²) in [6.45, 7) is 8.12. The van der Waals surface area contributed by atoms with Crippen LogP contribution in [0.5, 0.6) is 0 Å². The van der Waals surface area contributed by atoms with E-state index in [-0.39, 0.29) is 31.1 Å². The van der Waals surface area contributed by atoms with E-state index in [1.807, 2.05) is 41.5 Å². The van der Waals surface area contributed by atoms with Crippen LogP contribution >= 0.6 is 6.75 Å². The fourth-order valence-electron chi connectivity index (χ4n) is 8.09. The minimum absolute atomic E-state index is 0.182. The molecule has 0 aliphatic heterocycles. The molecule has 0 saturated heterocycles. The van der Waals surface area contributed by atoms with Gasteiger partial charge in [0, 0.05) is 0 Å². The minimum atomic E-state index is -6.99. The van der Waals surface area contributed by atoms with E-state index in [9.17, 15) is 43.2 Å². The number of halogens is 6.